The molecule has 2 saturated heterocycles. The summed E-state index contributed by atoms with van der Waals surface area (Å²) in [6.07, 6.45) is 1.85. The summed E-state index contributed by atoms with van der Waals surface area (Å²) >= 11 is 6.30. The fourth-order valence-corrected chi connectivity index (χ4v) is 3.51. The lowest BCUT2D eigenvalue weighted by Gasteiger charge is -2.29. The number of carbonyl (C=O) groups is 2. The molecule has 7 heteroatoms. The molecule has 0 spiro atoms. The highest BCUT2D eigenvalue weighted by Crippen LogP contribution is 2.26. The number of hydrogen-bond donors (Lipinski definition) is 2. The quantitative estimate of drug-likeness (QED) is 0.854. The zero-order valence-electron chi connectivity index (χ0n) is 13.8. The van der Waals surface area contributed by atoms with Crippen molar-refractivity contribution in [2.24, 2.45) is 0 Å². The molecular formula is C17H23ClN4O2. The average Bonchev–Trinajstić information content (AvgIpc) is 3.24. The van der Waals surface area contributed by atoms with E-state index in [-0.39, 0.29) is 18.0 Å². The van der Waals surface area contributed by atoms with Crippen LogP contribution in [-0.2, 0) is 0 Å². The van der Waals surface area contributed by atoms with E-state index in [1.54, 1.807) is 23.1 Å². The third-order valence-corrected chi connectivity index (χ3v) is 4.88. The topological polar surface area (TPSA) is 64.7 Å². The van der Waals surface area contributed by atoms with Gasteiger partial charge in [0.25, 0.3) is 5.91 Å². The van der Waals surface area contributed by atoms with E-state index in [4.69, 9.17) is 11.6 Å². The third-order valence-electron chi connectivity index (χ3n) is 4.55. The molecule has 0 saturated carbocycles. The first kappa shape index (κ1) is 17.0. The normalized spacial score (nSPS) is 20.3. The first-order chi connectivity index (χ1) is 11.6. The summed E-state index contributed by atoms with van der Waals surface area (Å²) in [7, 11) is 0. The summed E-state index contributed by atoms with van der Waals surface area (Å²) in [5.74, 6) is -0.0583. The second-order valence-corrected chi connectivity index (χ2v) is 6.60. The van der Waals surface area contributed by atoms with Gasteiger partial charge in [0.1, 0.15) is 0 Å². The minimum absolute atomic E-state index is 0.0583. The van der Waals surface area contributed by atoms with Gasteiger partial charge in [-0.05, 0) is 37.6 Å². The van der Waals surface area contributed by atoms with E-state index in [0.29, 0.717) is 35.9 Å². The Balaban J connectivity index is 1.88. The Hall–Kier alpha value is -1.79. The number of hydrogen-bond acceptors (Lipinski definition) is 3. The van der Waals surface area contributed by atoms with Crippen molar-refractivity contribution in [1.29, 1.82) is 0 Å². The highest BCUT2D eigenvalue weighted by Gasteiger charge is 2.29. The molecule has 1 atom stereocenters. The zero-order chi connectivity index (χ0) is 17.1. The maximum absolute atomic E-state index is 13.1. The second kappa shape index (κ2) is 7.40. The van der Waals surface area contributed by atoms with Crippen molar-refractivity contribution in [2.75, 3.05) is 37.6 Å². The minimum atomic E-state index is -0.138. The van der Waals surface area contributed by atoms with E-state index in [9.17, 15) is 9.59 Å². The van der Waals surface area contributed by atoms with Gasteiger partial charge in [0, 0.05) is 37.9 Å². The summed E-state index contributed by atoms with van der Waals surface area (Å²) in [6.45, 7) is 5.72. The van der Waals surface area contributed by atoms with Crippen LogP contribution in [0.4, 0.5) is 10.5 Å². The minimum Gasteiger partial charge on any atom is -0.336 e. The van der Waals surface area contributed by atoms with Crippen LogP contribution in [0.2, 0.25) is 5.02 Å². The molecule has 3 rings (SSSR count). The molecule has 2 aliphatic rings. The van der Waals surface area contributed by atoms with Crippen molar-refractivity contribution in [3.63, 3.8) is 0 Å². The lowest BCUT2D eigenvalue weighted by atomic mass is 10.1. The van der Waals surface area contributed by atoms with Crippen LogP contribution in [0.5, 0.6) is 0 Å². The van der Waals surface area contributed by atoms with Crippen molar-refractivity contribution in [1.82, 2.24) is 15.5 Å². The van der Waals surface area contributed by atoms with Gasteiger partial charge in [-0.2, -0.15) is 0 Å². The summed E-state index contributed by atoms with van der Waals surface area (Å²) in [6, 6.07) is 5.28. The zero-order valence-corrected chi connectivity index (χ0v) is 14.6. The number of carbonyl (C=O) groups excluding carboxylic acids is 2. The van der Waals surface area contributed by atoms with Crippen molar-refractivity contribution in [3.8, 4) is 0 Å². The van der Waals surface area contributed by atoms with E-state index in [0.717, 1.165) is 25.9 Å². The summed E-state index contributed by atoms with van der Waals surface area (Å²) in [5, 5.41) is 6.50. The highest BCUT2D eigenvalue weighted by atomic mass is 35.5. The Bertz CT molecular complexity index is 631. The van der Waals surface area contributed by atoms with Crippen molar-refractivity contribution in [3.05, 3.63) is 28.8 Å². The van der Waals surface area contributed by atoms with Gasteiger partial charge in [-0.15, -0.1) is 0 Å². The van der Waals surface area contributed by atoms with Crippen molar-refractivity contribution in [2.45, 2.75) is 25.8 Å². The standard InChI is InChI=1S/C17H23ClN4O2/c1-2-8-21(13-5-6-19-11-13)16(23)14-10-12(3-4-15(14)18)22-9-7-20-17(22)24/h3-4,10,13,19H,2,5-9,11H2,1H3,(H,20,24). The number of nitrogens with zero attached hydrogens (tertiary/aromatic N) is 2. The van der Waals surface area contributed by atoms with Gasteiger partial charge in [-0.25, -0.2) is 4.79 Å². The Morgan fingerprint density at radius 3 is 2.88 bits per heavy atom. The Morgan fingerprint density at radius 2 is 2.25 bits per heavy atom. The van der Waals surface area contributed by atoms with Gasteiger partial charge in [-0.3, -0.25) is 9.69 Å². The molecule has 1 aromatic carbocycles. The fraction of sp³-hybridized carbons (Fsp3) is 0.529. The van der Waals surface area contributed by atoms with Crippen LogP contribution >= 0.6 is 11.6 Å². The van der Waals surface area contributed by atoms with Crippen LogP contribution in [-0.4, -0.2) is 55.6 Å². The number of urea groups is 1. The molecule has 1 unspecified atom stereocenters. The molecule has 2 fully saturated rings. The monoisotopic (exact) mass is 350 g/mol. The van der Waals surface area contributed by atoms with E-state index >= 15 is 0 Å². The van der Waals surface area contributed by atoms with Crippen LogP contribution in [0.15, 0.2) is 18.2 Å². The average molecular weight is 351 g/mol. The number of anilines is 1. The number of halogens is 1. The molecule has 0 aromatic heterocycles. The molecule has 0 radical (unpaired) electrons. The lowest BCUT2D eigenvalue weighted by molar-refractivity contribution is 0.0692. The molecule has 2 N–H and O–H groups in total. The van der Waals surface area contributed by atoms with Crippen LogP contribution in [0.1, 0.15) is 30.1 Å². The number of benzene rings is 1. The molecule has 0 bridgehead atoms. The predicted octanol–water partition coefficient (Wildman–Crippen LogP) is 2.08. The molecular weight excluding hydrogens is 328 g/mol. The Labute approximate surface area is 147 Å². The van der Waals surface area contributed by atoms with E-state index in [1.807, 2.05) is 4.90 Å². The Morgan fingerprint density at radius 1 is 1.42 bits per heavy atom. The molecule has 2 heterocycles. The number of amides is 3. The SMILES string of the molecule is CCCN(C(=O)c1cc(N2CCNC2=O)ccc1Cl)C1CCNC1. The Kier molecular flexibility index (Phi) is 5.26. The third kappa shape index (κ3) is 3.35. The van der Waals surface area contributed by atoms with E-state index < -0.39 is 0 Å². The molecule has 6 nitrogen and oxygen atoms in total. The summed E-state index contributed by atoms with van der Waals surface area (Å²) < 4.78 is 0. The van der Waals surface area contributed by atoms with Gasteiger partial charge >= 0.3 is 6.03 Å². The maximum atomic E-state index is 13.1. The first-order valence-corrected chi connectivity index (χ1v) is 8.86. The highest BCUT2D eigenvalue weighted by molar-refractivity contribution is 6.34. The van der Waals surface area contributed by atoms with Gasteiger partial charge < -0.3 is 15.5 Å². The molecule has 3 amide bonds. The van der Waals surface area contributed by atoms with Crippen molar-refractivity contribution >= 4 is 29.2 Å². The van der Waals surface area contributed by atoms with E-state index in [2.05, 4.69) is 17.6 Å². The fourth-order valence-electron chi connectivity index (χ4n) is 3.31. The van der Waals surface area contributed by atoms with E-state index in [1.165, 1.54) is 0 Å². The summed E-state index contributed by atoms with van der Waals surface area (Å²) in [5.41, 5.74) is 1.17. The van der Waals surface area contributed by atoms with Crippen LogP contribution < -0.4 is 15.5 Å². The first-order valence-electron chi connectivity index (χ1n) is 8.48. The van der Waals surface area contributed by atoms with Crippen LogP contribution in [0.3, 0.4) is 0 Å². The van der Waals surface area contributed by atoms with Crippen LogP contribution in [0, 0.1) is 0 Å². The van der Waals surface area contributed by atoms with Crippen LogP contribution in [0.25, 0.3) is 0 Å². The molecule has 130 valence electrons. The molecule has 1 aromatic rings. The van der Waals surface area contributed by atoms with Gasteiger partial charge in [-0.1, -0.05) is 18.5 Å². The largest absolute Gasteiger partial charge is 0.336 e. The lowest BCUT2D eigenvalue weighted by Crippen LogP contribution is -2.42. The second-order valence-electron chi connectivity index (χ2n) is 6.19. The van der Waals surface area contributed by atoms with Crippen molar-refractivity contribution < 1.29 is 9.59 Å². The molecule has 0 aliphatic carbocycles. The van der Waals surface area contributed by atoms with Gasteiger partial charge in [0.2, 0.25) is 0 Å². The summed E-state index contributed by atoms with van der Waals surface area (Å²) in [4.78, 5) is 28.5. The van der Waals surface area contributed by atoms with Gasteiger partial charge in [0.15, 0.2) is 0 Å². The maximum Gasteiger partial charge on any atom is 0.321 e. The number of rotatable bonds is 5. The number of nitrogens with one attached hydrogen (secondary N) is 2. The smallest absolute Gasteiger partial charge is 0.321 e. The molecule has 24 heavy (non-hydrogen) atoms. The van der Waals surface area contributed by atoms with Gasteiger partial charge in [0.05, 0.1) is 10.6 Å². The molecule has 2 aliphatic heterocycles. The predicted molar refractivity (Wildman–Crippen MR) is 94.8 cm³/mol.